The lowest BCUT2D eigenvalue weighted by Gasteiger charge is -2.05. The minimum absolute atomic E-state index is 0.156. The Morgan fingerprint density at radius 3 is 2.61 bits per heavy atom. The number of hydrogen-bond acceptors (Lipinski definition) is 3. The highest BCUT2D eigenvalue weighted by Crippen LogP contribution is 2.24. The van der Waals surface area contributed by atoms with E-state index in [0.717, 1.165) is 5.56 Å². The van der Waals surface area contributed by atoms with E-state index in [-0.39, 0.29) is 6.42 Å². The molecule has 0 unspecified atom stereocenters. The second kappa shape index (κ2) is 5.37. The van der Waals surface area contributed by atoms with Crippen LogP contribution in [0.4, 0.5) is 0 Å². The van der Waals surface area contributed by atoms with Gasteiger partial charge in [-0.3, -0.25) is 4.79 Å². The van der Waals surface area contributed by atoms with Gasteiger partial charge < -0.3 is 5.11 Å². The molecular formula is C11H9Cl2N3O2. The molecule has 0 saturated carbocycles. The monoisotopic (exact) mass is 285 g/mol. The average Bonchev–Trinajstić information content (AvgIpc) is 2.70. The van der Waals surface area contributed by atoms with Gasteiger partial charge in [-0.1, -0.05) is 34.5 Å². The van der Waals surface area contributed by atoms with Crippen molar-refractivity contribution in [2.75, 3.05) is 0 Å². The topological polar surface area (TPSA) is 68.0 Å². The van der Waals surface area contributed by atoms with E-state index < -0.39 is 5.97 Å². The number of benzene rings is 1. The molecule has 1 N–H and O–H groups in total. The first-order valence-corrected chi connectivity index (χ1v) is 5.85. The SMILES string of the molecule is O=C(O)Cc1cn(Cc2c(Cl)cccc2Cl)nn1. The number of aliphatic carboxylic acids is 1. The van der Waals surface area contributed by atoms with Crippen molar-refractivity contribution >= 4 is 29.2 Å². The van der Waals surface area contributed by atoms with E-state index in [1.165, 1.54) is 4.68 Å². The number of nitrogens with zero attached hydrogens (tertiary/aromatic N) is 3. The van der Waals surface area contributed by atoms with Crippen molar-refractivity contribution in [1.82, 2.24) is 15.0 Å². The Labute approximate surface area is 113 Å². The Morgan fingerprint density at radius 2 is 2.00 bits per heavy atom. The molecule has 1 aromatic carbocycles. The predicted molar refractivity (Wildman–Crippen MR) is 66.9 cm³/mol. The summed E-state index contributed by atoms with van der Waals surface area (Å²) in [5.74, 6) is -0.946. The third kappa shape index (κ3) is 3.00. The summed E-state index contributed by atoms with van der Waals surface area (Å²) >= 11 is 12.1. The van der Waals surface area contributed by atoms with Crippen LogP contribution in [0.1, 0.15) is 11.3 Å². The minimum Gasteiger partial charge on any atom is -0.481 e. The first-order valence-electron chi connectivity index (χ1n) is 5.10. The standard InChI is InChI=1S/C11H9Cl2N3O2/c12-9-2-1-3-10(13)8(9)6-16-5-7(14-15-16)4-11(17)18/h1-3,5H,4,6H2,(H,17,18). The van der Waals surface area contributed by atoms with Gasteiger partial charge in [0.1, 0.15) is 0 Å². The highest BCUT2D eigenvalue weighted by Gasteiger charge is 2.09. The normalized spacial score (nSPS) is 10.6. The van der Waals surface area contributed by atoms with E-state index in [1.54, 1.807) is 24.4 Å². The molecule has 0 amide bonds. The van der Waals surface area contributed by atoms with Crippen LogP contribution in [0.15, 0.2) is 24.4 Å². The summed E-state index contributed by atoms with van der Waals surface area (Å²) < 4.78 is 1.51. The van der Waals surface area contributed by atoms with Crippen molar-refractivity contribution in [2.24, 2.45) is 0 Å². The van der Waals surface area contributed by atoms with Crippen LogP contribution in [0.5, 0.6) is 0 Å². The third-order valence-corrected chi connectivity index (χ3v) is 3.01. The summed E-state index contributed by atoms with van der Waals surface area (Å²) in [4.78, 5) is 10.5. The summed E-state index contributed by atoms with van der Waals surface area (Å²) in [5, 5.41) is 17.3. The molecule has 0 saturated heterocycles. The number of carbonyl (C=O) groups is 1. The third-order valence-electron chi connectivity index (χ3n) is 2.30. The fraction of sp³-hybridized carbons (Fsp3) is 0.182. The highest BCUT2D eigenvalue weighted by atomic mass is 35.5. The molecule has 94 valence electrons. The van der Waals surface area contributed by atoms with Crippen molar-refractivity contribution < 1.29 is 9.90 Å². The molecule has 0 fully saturated rings. The van der Waals surface area contributed by atoms with Crippen LogP contribution in [0.25, 0.3) is 0 Å². The minimum atomic E-state index is -0.946. The van der Waals surface area contributed by atoms with Crippen LogP contribution in [-0.2, 0) is 17.8 Å². The Bertz CT molecular complexity index is 563. The van der Waals surface area contributed by atoms with Crippen LogP contribution < -0.4 is 0 Å². The molecule has 0 atom stereocenters. The van der Waals surface area contributed by atoms with E-state index in [4.69, 9.17) is 28.3 Å². The first kappa shape index (κ1) is 12.9. The van der Waals surface area contributed by atoms with Gasteiger partial charge in [-0.25, -0.2) is 4.68 Å². The van der Waals surface area contributed by atoms with Crippen molar-refractivity contribution in [3.63, 3.8) is 0 Å². The molecule has 1 heterocycles. The number of carboxylic acids is 1. The van der Waals surface area contributed by atoms with Gasteiger partial charge in [-0.05, 0) is 12.1 Å². The van der Waals surface area contributed by atoms with E-state index in [9.17, 15) is 4.79 Å². The molecule has 0 spiro atoms. The average molecular weight is 286 g/mol. The molecule has 0 aliphatic carbocycles. The van der Waals surface area contributed by atoms with Gasteiger partial charge in [0.2, 0.25) is 0 Å². The summed E-state index contributed by atoms with van der Waals surface area (Å²) in [6.45, 7) is 0.352. The lowest BCUT2D eigenvalue weighted by atomic mass is 10.2. The lowest BCUT2D eigenvalue weighted by Crippen LogP contribution is -2.02. The van der Waals surface area contributed by atoms with Crippen LogP contribution in [-0.4, -0.2) is 26.1 Å². The zero-order valence-corrected chi connectivity index (χ0v) is 10.7. The molecule has 0 radical (unpaired) electrons. The number of carboxylic acid groups (broad SMARTS) is 1. The van der Waals surface area contributed by atoms with Crippen molar-refractivity contribution in [3.05, 3.63) is 45.7 Å². The van der Waals surface area contributed by atoms with Gasteiger partial charge in [0.15, 0.2) is 0 Å². The molecule has 7 heteroatoms. The summed E-state index contributed by atoms with van der Waals surface area (Å²) in [7, 11) is 0. The number of halogens is 2. The zero-order chi connectivity index (χ0) is 13.1. The van der Waals surface area contributed by atoms with Gasteiger partial charge >= 0.3 is 5.97 Å². The molecule has 1 aromatic heterocycles. The Kier molecular flexibility index (Phi) is 3.84. The second-order valence-electron chi connectivity index (χ2n) is 3.68. The van der Waals surface area contributed by atoms with Crippen LogP contribution in [0.2, 0.25) is 10.0 Å². The van der Waals surface area contributed by atoms with E-state index >= 15 is 0 Å². The molecule has 0 aliphatic rings. The quantitative estimate of drug-likeness (QED) is 0.936. The van der Waals surface area contributed by atoms with E-state index in [1.807, 2.05) is 0 Å². The molecule has 2 rings (SSSR count). The molecule has 0 aliphatic heterocycles. The van der Waals surface area contributed by atoms with Gasteiger partial charge in [-0.2, -0.15) is 0 Å². The molecule has 5 nitrogen and oxygen atoms in total. The maximum Gasteiger partial charge on any atom is 0.309 e. The molecule has 18 heavy (non-hydrogen) atoms. The van der Waals surface area contributed by atoms with Crippen LogP contribution >= 0.6 is 23.2 Å². The predicted octanol–water partition coefficient (Wildman–Crippen LogP) is 2.26. The van der Waals surface area contributed by atoms with E-state index in [2.05, 4.69) is 10.3 Å². The Morgan fingerprint density at radius 1 is 1.33 bits per heavy atom. The Balaban J connectivity index is 2.19. The number of rotatable bonds is 4. The molecule has 0 bridgehead atoms. The Hall–Kier alpha value is -1.59. The number of hydrogen-bond donors (Lipinski definition) is 1. The van der Waals surface area contributed by atoms with Gasteiger partial charge in [-0.15, -0.1) is 5.10 Å². The van der Waals surface area contributed by atoms with Gasteiger partial charge in [0.05, 0.1) is 18.7 Å². The summed E-state index contributed by atoms with van der Waals surface area (Å²) in [6.07, 6.45) is 1.41. The smallest absolute Gasteiger partial charge is 0.309 e. The van der Waals surface area contributed by atoms with Crippen LogP contribution in [0.3, 0.4) is 0 Å². The molecular weight excluding hydrogens is 277 g/mol. The fourth-order valence-electron chi connectivity index (χ4n) is 1.50. The van der Waals surface area contributed by atoms with Gasteiger partial charge in [0.25, 0.3) is 0 Å². The maximum atomic E-state index is 10.5. The highest BCUT2D eigenvalue weighted by molar-refractivity contribution is 6.35. The van der Waals surface area contributed by atoms with Crippen molar-refractivity contribution in [2.45, 2.75) is 13.0 Å². The largest absolute Gasteiger partial charge is 0.481 e. The second-order valence-corrected chi connectivity index (χ2v) is 4.49. The first-order chi connectivity index (χ1) is 8.56. The van der Waals surface area contributed by atoms with Gasteiger partial charge in [0, 0.05) is 21.8 Å². The zero-order valence-electron chi connectivity index (χ0n) is 9.18. The molecule has 2 aromatic rings. The number of aromatic nitrogens is 3. The van der Waals surface area contributed by atoms with E-state index in [0.29, 0.717) is 22.3 Å². The fourth-order valence-corrected chi connectivity index (χ4v) is 2.01. The van der Waals surface area contributed by atoms with Crippen molar-refractivity contribution in [3.8, 4) is 0 Å². The lowest BCUT2D eigenvalue weighted by molar-refractivity contribution is -0.136. The maximum absolute atomic E-state index is 10.5. The summed E-state index contributed by atoms with van der Waals surface area (Å²) in [6, 6.07) is 5.22. The summed E-state index contributed by atoms with van der Waals surface area (Å²) in [5.41, 5.74) is 1.12. The van der Waals surface area contributed by atoms with Crippen LogP contribution in [0, 0.1) is 0 Å². The van der Waals surface area contributed by atoms with Crippen molar-refractivity contribution in [1.29, 1.82) is 0 Å².